The summed E-state index contributed by atoms with van der Waals surface area (Å²) in [5.41, 5.74) is -0.242. The summed E-state index contributed by atoms with van der Waals surface area (Å²) in [5, 5.41) is 0. The van der Waals surface area contributed by atoms with Crippen molar-refractivity contribution in [3.05, 3.63) is 23.7 Å². The highest BCUT2D eigenvalue weighted by Crippen LogP contribution is 2.62. The van der Waals surface area contributed by atoms with Gasteiger partial charge in [-0.1, -0.05) is 13.0 Å². The molecule has 3 heteroatoms. The first-order chi connectivity index (χ1) is 7.28. The molecule has 0 spiro atoms. The van der Waals surface area contributed by atoms with E-state index in [1.165, 1.54) is 0 Å². The summed E-state index contributed by atoms with van der Waals surface area (Å²) in [4.78, 5) is 11.8. The maximum absolute atomic E-state index is 11.8. The number of hydrogen-bond donors (Lipinski definition) is 0. The molecule has 3 aliphatic rings. The van der Waals surface area contributed by atoms with Gasteiger partial charge in [-0.15, -0.1) is 0 Å². The van der Waals surface area contributed by atoms with Gasteiger partial charge in [0.05, 0.1) is 5.41 Å². The molecular weight excluding hydrogens is 192 g/mol. The minimum atomic E-state index is -0.242. The van der Waals surface area contributed by atoms with Crippen molar-refractivity contribution >= 4 is 5.78 Å². The Hall–Kier alpha value is -1.25. The van der Waals surface area contributed by atoms with Crippen molar-refractivity contribution in [1.82, 2.24) is 0 Å². The molecule has 0 aromatic heterocycles. The summed E-state index contributed by atoms with van der Waals surface area (Å²) in [5.74, 6) is 2.32. The average Bonchev–Trinajstić information content (AvgIpc) is 3.04. The Morgan fingerprint density at radius 3 is 3.13 bits per heavy atom. The highest BCUT2D eigenvalue weighted by molar-refractivity contribution is 5.91. The van der Waals surface area contributed by atoms with E-state index in [1.54, 1.807) is 0 Å². The number of carbonyl (C=O) groups is 1. The van der Waals surface area contributed by atoms with Crippen molar-refractivity contribution < 1.29 is 14.3 Å². The van der Waals surface area contributed by atoms with Crippen LogP contribution in [0.5, 0.6) is 0 Å². The van der Waals surface area contributed by atoms with Crippen LogP contribution in [-0.2, 0) is 14.3 Å². The number of rotatable bonds is 2. The lowest BCUT2D eigenvalue weighted by atomic mass is 9.91. The van der Waals surface area contributed by atoms with Crippen LogP contribution in [0.3, 0.4) is 0 Å². The van der Waals surface area contributed by atoms with Crippen molar-refractivity contribution in [3.63, 3.8) is 0 Å². The zero-order chi connectivity index (χ0) is 10.5. The Kier molecular flexibility index (Phi) is 1.73. The van der Waals surface area contributed by atoms with E-state index in [2.05, 4.69) is 0 Å². The smallest absolute Gasteiger partial charge is 0.157 e. The molecule has 80 valence electrons. The van der Waals surface area contributed by atoms with Crippen LogP contribution in [0.15, 0.2) is 23.7 Å². The molecule has 0 amide bonds. The van der Waals surface area contributed by atoms with Gasteiger partial charge < -0.3 is 9.47 Å². The molecule has 0 bridgehead atoms. The van der Waals surface area contributed by atoms with Gasteiger partial charge in [-0.2, -0.15) is 0 Å². The maximum atomic E-state index is 11.8. The number of Topliss-reactive ketones (excluding diaryl/α,β-unsaturated/α-hetero) is 1. The molecule has 2 atom stereocenters. The molecule has 1 heterocycles. The van der Waals surface area contributed by atoms with Crippen molar-refractivity contribution in [2.75, 3.05) is 13.2 Å². The number of allylic oxidation sites excluding steroid dienone is 3. The minimum Gasteiger partial charge on any atom is -0.490 e. The van der Waals surface area contributed by atoms with E-state index in [0.29, 0.717) is 25.4 Å². The van der Waals surface area contributed by atoms with Gasteiger partial charge in [-0.3, -0.25) is 4.79 Å². The van der Waals surface area contributed by atoms with Crippen LogP contribution in [-0.4, -0.2) is 19.0 Å². The van der Waals surface area contributed by atoms with Gasteiger partial charge in [0.15, 0.2) is 5.76 Å². The summed E-state index contributed by atoms with van der Waals surface area (Å²) in [7, 11) is 0. The zero-order valence-corrected chi connectivity index (χ0v) is 8.79. The van der Waals surface area contributed by atoms with Gasteiger partial charge >= 0.3 is 0 Å². The Labute approximate surface area is 88.7 Å². The average molecular weight is 206 g/mol. The van der Waals surface area contributed by atoms with Crippen molar-refractivity contribution in [2.24, 2.45) is 11.3 Å². The normalized spacial score (nSPS) is 36.2. The summed E-state index contributed by atoms with van der Waals surface area (Å²) in [6, 6.07) is 0. The third kappa shape index (κ3) is 1.09. The molecule has 1 aliphatic heterocycles. The minimum absolute atomic E-state index is 0.242. The predicted molar refractivity (Wildman–Crippen MR) is 53.9 cm³/mol. The van der Waals surface area contributed by atoms with E-state index in [1.807, 2.05) is 19.1 Å². The topological polar surface area (TPSA) is 35.5 Å². The van der Waals surface area contributed by atoms with E-state index in [9.17, 15) is 4.79 Å². The van der Waals surface area contributed by atoms with Gasteiger partial charge in [0.1, 0.15) is 24.8 Å². The second-order valence-corrected chi connectivity index (χ2v) is 4.33. The first-order valence-corrected chi connectivity index (χ1v) is 5.50. The van der Waals surface area contributed by atoms with Crippen LogP contribution >= 0.6 is 0 Å². The molecule has 0 saturated heterocycles. The Morgan fingerprint density at radius 1 is 1.53 bits per heavy atom. The first kappa shape index (κ1) is 9.01. The second-order valence-electron chi connectivity index (χ2n) is 4.33. The van der Waals surface area contributed by atoms with Crippen LogP contribution in [0.1, 0.15) is 19.8 Å². The molecule has 0 radical (unpaired) electrons. The van der Waals surface area contributed by atoms with Gasteiger partial charge in [0.25, 0.3) is 0 Å². The number of fused-ring (bicyclic) bond motifs is 2. The summed E-state index contributed by atoms with van der Waals surface area (Å²) >= 11 is 0. The maximum Gasteiger partial charge on any atom is 0.157 e. The summed E-state index contributed by atoms with van der Waals surface area (Å²) < 4.78 is 11.1. The second kappa shape index (κ2) is 2.87. The molecule has 2 aliphatic carbocycles. The molecule has 15 heavy (non-hydrogen) atoms. The van der Waals surface area contributed by atoms with Crippen LogP contribution in [0.2, 0.25) is 0 Å². The number of hydrogen-bond acceptors (Lipinski definition) is 3. The van der Waals surface area contributed by atoms with E-state index in [-0.39, 0.29) is 11.3 Å². The first-order valence-electron chi connectivity index (χ1n) is 5.50. The fourth-order valence-corrected chi connectivity index (χ4v) is 2.59. The van der Waals surface area contributed by atoms with Crippen LogP contribution in [0.4, 0.5) is 0 Å². The van der Waals surface area contributed by atoms with Crippen LogP contribution in [0.25, 0.3) is 0 Å². The van der Waals surface area contributed by atoms with Gasteiger partial charge in [0.2, 0.25) is 0 Å². The molecular formula is C12H14O3. The lowest BCUT2D eigenvalue weighted by molar-refractivity contribution is -0.122. The van der Waals surface area contributed by atoms with Crippen LogP contribution < -0.4 is 0 Å². The van der Waals surface area contributed by atoms with E-state index in [4.69, 9.17) is 9.47 Å². The highest BCUT2D eigenvalue weighted by atomic mass is 16.6. The van der Waals surface area contributed by atoms with Gasteiger partial charge in [-0.05, 0) is 12.5 Å². The summed E-state index contributed by atoms with van der Waals surface area (Å²) in [6.07, 6.45) is 5.42. The molecule has 0 aromatic carbocycles. The third-order valence-corrected chi connectivity index (χ3v) is 3.53. The zero-order valence-electron chi connectivity index (χ0n) is 8.79. The third-order valence-electron chi connectivity index (χ3n) is 3.53. The Bertz CT molecular complexity index is 380. The molecule has 3 rings (SSSR count). The van der Waals surface area contributed by atoms with Crippen molar-refractivity contribution in [3.8, 4) is 0 Å². The van der Waals surface area contributed by atoms with Gasteiger partial charge in [0, 0.05) is 12.3 Å². The molecule has 0 N–H and O–H groups in total. The van der Waals surface area contributed by atoms with Gasteiger partial charge in [-0.25, -0.2) is 0 Å². The van der Waals surface area contributed by atoms with E-state index in [0.717, 1.165) is 17.9 Å². The fraction of sp³-hybridized carbons (Fsp3) is 0.583. The SMILES string of the molecule is CCC(=O)C12C=CC3=C(OCCO3)C1C2. The Balaban J connectivity index is 1.92. The molecule has 2 unspecified atom stereocenters. The van der Waals surface area contributed by atoms with Crippen LogP contribution in [0, 0.1) is 11.3 Å². The standard InChI is InChI=1S/C12H14O3/c1-2-10(13)12-4-3-9-11(8(12)7-12)15-6-5-14-9/h3-4,8H,2,5-7H2,1H3. The Morgan fingerprint density at radius 2 is 2.33 bits per heavy atom. The lowest BCUT2D eigenvalue weighted by Gasteiger charge is -2.25. The lowest BCUT2D eigenvalue weighted by Crippen LogP contribution is -2.23. The monoisotopic (exact) mass is 206 g/mol. The molecule has 1 fully saturated rings. The quantitative estimate of drug-likeness (QED) is 0.691. The van der Waals surface area contributed by atoms with Crippen molar-refractivity contribution in [1.29, 1.82) is 0 Å². The predicted octanol–water partition coefficient (Wildman–Crippen LogP) is 1.80. The number of ether oxygens (including phenoxy) is 2. The largest absolute Gasteiger partial charge is 0.490 e. The summed E-state index contributed by atoms with van der Waals surface area (Å²) in [6.45, 7) is 3.15. The van der Waals surface area contributed by atoms with Crippen molar-refractivity contribution in [2.45, 2.75) is 19.8 Å². The fourth-order valence-electron chi connectivity index (χ4n) is 2.59. The van der Waals surface area contributed by atoms with E-state index < -0.39 is 0 Å². The molecule has 0 aromatic rings. The molecule has 1 saturated carbocycles. The number of ketones is 1. The molecule has 3 nitrogen and oxygen atoms in total. The highest BCUT2D eigenvalue weighted by Gasteiger charge is 2.62. The van der Waals surface area contributed by atoms with E-state index >= 15 is 0 Å². The number of carbonyl (C=O) groups excluding carboxylic acids is 1.